The van der Waals surface area contributed by atoms with Gasteiger partial charge >= 0.3 is 0 Å². The Hall–Kier alpha value is -2.61. The quantitative estimate of drug-likeness (QED) is 0.900. The summed E-state index contributed by atoms with van der Waals surface area (Å²) in [5, 5.41) is 8.80. The Balaban J connectivity index is 2.00. The molecule has 2 heterocycles. The number of nitrogens with zero attached hydrogens (tertiary/aromatic N) is 3. The van der Waals surface area contributed by atoms with Gasteiger partial charge in [-0.25, -0.2) is 0 Å². The van der Waals surface area contributed by atoms with Gasteiger partial charge in [0.2, 0.25) is 0 Å². The van der Waals surface area contributed by atoms with E-state index in [1.165, 1.54) is 12.3 Å². The lowest BCUT2D eigenvalue weighted by molar-refractivity contribution is 0.0791. The first kappa shape index (κ1) is 12.8. The van der Waals surface area contributed by atoms with Crippen LogP contribution in [0.2, 0.25) is 0 Å². The molecule has 0 unspecified atom stereocenters. The van der Waals surface area contributed by atoms with Gasteiger partial charge in [0.1, 0.15) is 5.69 Å². The van der Waals surface area contributed by atoms with Crippen molar-refractivity contribution in [1.29, 1.82) is 5.26 Å². The largest absolute Gasteiger partial charge is 0.367 e. The summed E-state index contributed by atoms with van der Waals surface area (Å²) in [6.07, 6.45) is 6.03. The molecule has 0 fully saturated rings. The van der Waals surface area contributed by atoms with E-state index in [4.69, 9.17) is 5.26 Å². The maximum atomic E-state index is 12.1. The van der Waals surface area contributed by atoms with E-state index in [9.17, 15) is 4.79 Å². The number of nitrogens with one attached hydrogen (secondary N) is 1. The number of amides is 1. The Labute approximate surface area is 111 Å². The molecule has 0 atom stereocenters. The summed E-state index contributed by atoms with van der Waals surface area (Å²) in [4.78, 5) is 20.7. The monoisotopic (exact) mass is 254 g/mol. The van der Waals surface area contributed by atoms with Crippen molar-refractivity contribution in [1.82, 2.24) is 14.9 Å². The summed E-state index contributed by atoms with van der Waals surface area (Å²) in [6.45, 7) is 0.606. The Morgan fingerprint density at radius 3 is 3.05 bits per heavy atom. The van der Waals surface area contributed by atoms with Gasteiger partial charge in [-0.3, -0.25) is 9.78 Å². The van der Waals surface area contributed by atoms with Crippen LogP contribution in [0.1, 0.15) is 21.6 Å². The number of likely N-dealkylation sites (N-methyl/N-ethyl adjacent to an activating group) is 1. The molecule has 0 aromatic carbocycles. The van der Waals surface area contributed by atoms with E-state index < -0.39 is 0 Å². The molecule has 0 aliphatic rings. The molecule has 2 rings (SSSR count). The molecule has 5 heteroatoms. The highest BCUT2D eigenvalue weighted by Crippen LogP contribution is 2.05. The lowest BCUT2D eigenvalue weighted by atomic mass is 10.2. The molecule has 96 valence electrons. The molecule has 0 radical (unpaired) electrons. The Morgan fingerprint density at radius 2 is 2.37 bits per heavy atom. The molecule has 19 heavy (non-hydrogen) atoms. The fraction of sp³-hybridized carbons (Fsp3) is 0.214. The molecule has 0 spiro atoms. The van der Waals surface area contributed by atoms with Gasteiger partial charge < -0.3 is 9.88 Å². The summed E-state index contributed by atoms with van der Waals surface area (Å²) >= 11 is 0. The zero-order chi connectivity index (χ0) is 13.7. The molecule has 0 aliphatic heterocycles. The van der Waals surface area contributed by atoms with Gasteiger partial charge in [-0.1, -0.05) is 0 Å². The van der Waals surface area contributed by atoms with E-state index in [2.05, 4.69) is 9.97 Å². The molecule has 0 saturated carbocycles. The SMILES string of the molecule is CN(CCc1cc[nH]c1)C(=O)c1cc(C#N)ccn1. The number of aromatic amines is 1. The number of carbonyl (C=O) groups excluding carboxylic acids is 1. The van der Waals surface area contributed by atoms with E-state index in [0.29, 0.717) is 17.8 Å². The molecule has 5 nitrogen and oxygen atoms in total. The van der Waals surface area contributed by atoms with Crippen molar-refractivity contribution in [2.45, 2.75) is 6.42 Å². The van der Waals surface area contributed by atoms with Crippen LogP contribution >= 0.6 is 0 Å². The van der Waals surface area contributed by atoms with E-state index in [1.54, 1.807) is 18.0 Å². The first-order valence-electron chi connectivity index (χ1n) is 5.94. The minimum atomic E-state index is -0.173. The van der Waals surface area contributed by atoms with Crippen molar-refractivity contribution in [2.75, 3.05) is 13.6 Å². The van der Waals surface area contributed by atoms with Crippen molar-refractivity contribution in [3.05, 3.63) is 53.6 Å². The highest BCUT2D eigenvalue weighted by atomic mass is 16.2. The Kier molecular flexibility index (Phi) is 3.94. The molecule has 0 saturated heterocycles. The second-order valence-electron chi connectivity index (χ2n) is 4.24. The molecule has 1 amide bonds. The number of carbonyl (C=O) groups is 1. The number of rotatable bonds is 4. The first-order valence-corrected chi connectivity index (χ1v) is 5.94. The number of H-pyrrole nitrogens is 1. The molecule has 2 aromatic rings. The zero-order valence-corrected chi connectivity index (χ0v) is 10.6. The number of nitriles is 1. The molecular formula is C14H14N4O. The maximum absolute atomic E-state index is 12.1. The third kappa shape index (κ3) is 3.19. The molecule has 0 bridgehead atoms. The Morgan fingerprint density at radius 1 is 1.53 bits per heavy atom. The minimum absolute atomic E-state index is 0.173. The van der Waals surface area contributed by atoms with Crippen molar-refractivity contribution in [3.63, 3.8) is 0 Å². The van der Waals surface area contributed by atoms with Crippen LogP contribution in [0, 0.1) is 11.3 Å². The van der Waals surface area contributed by atoms with E-state index in [-0.39, 0.29) is 5.91 Å². The van der Waals surface area contributed by atoms with Crippen LogP contribution in [0.25, 0.3) is 0 Å². The highest BCUT2D eigenvalue weighted by molar-refractivity contribution is 5.92. The third-order valence-corrected chi connectivity index (χ3v) is 2.85. The molecule has 1 N–H and O–H groups in total. The predicted octanol–water partition coefficient (Wildman–Crippen LogP) is 1.60. The zero-order valence-electron chi connectivity index (χ0n) is 10.6. The Bertz CT molecular complexity index is 598. The average Bonchev–Trinajstić information content (AvgIpc) is 2.97. The lowest BCUT2D eigenvalue weighted by Crippen LogP contribution is -2.29. The standard InChI is InChI=1S/C14H14N4O/c1-18(7-4-11-2-5-16-10-11)14(19)13-8-12(9-15)3-6-17-13/h2-3,5-6,8,10,16H,4,7H2,1H3. The molecular weight excluding hydrogens is 240 g/mol. The van der Waals surface area contributed by atoms with E-state index in [1.807, 2.05) is 24.5 Å². The number of aromatic nitrogens is 2. The van der Waals surface area contributed by atoms with Crippen LogP contribution in [0.3, 0.4) is 0 Å². The van der Waals surface area contributed by atoms with Gasteiger partial charge in [0, 0.05) is 32.2 Å². The van der Waals surface area contributed by atoms with Crippen molar-refractivity contribution in [3.8, 4) is 6.07 Å². The van der Waals surface area contributed by atoms with Crippen molar-refractivity contribution < 1.29 is 4.79 Å². The van der Waals surface area contributed by atoms with Crippen LogP contribution in [-0.4, -0.2) is 34.4 Å². The summed E-state index contributed by atoms with van der Waals surface area (Å²) in [5.41, 5.74) is 1.89. The summed E-state index contributed by atoms with van der Waals surface area (Å²) in [7, 11) is 1.73. The van der Waals surface area contributed by atoms with Crippen molar-refractivity contribution >= 4 is 5.91 Å². The topological polar surface area (TPSA) is 72.8 Å². The fourth-order valence-corrected chi connectivity index (χ4v) is 1.72. The average molecular weight is 254 g/mol. The smallest absolute Gasteiger partial charge is 0.272 e. The van der Waals surface area contributed by atoms with Gasteiger partial charge in [-0.15, -0.1) is 0 Å². The van der Waals surface area contributed by atoms with Crippen LogP contribution in [0.15, 0.2) is 36.8 Å². The van der Waals surface area contributed by atoms with Crippen LogP contribution < -0.4 is 0 Å². The number of pyridine rings is 1. The lowest BCUT2D eigenvalue weighted by Gasteiger charge is -2.16. The second kappa shape index (κ2) is 5.83. The second-order valence-corrected chi connectivity index (χ2v) is 4.24. The van der Waals surface area contributed by atoms with Gasteiger partial charge in [0.15, 0.2) is 0 Å². The highest BCUT2D eigenvalue weighted by Gasteiger charge is 2.13. The normalized spacial score (nSPS) is 9.89. The summed E-state index contributed by atoms with van der Waals surface area (Å²) < 4.78 is 0. The third-order valence-electron chi connectivity index (χ3n) is 2.85. The van der Waals surface area contributed by atoms with E-state index >= 15 is 0 Å². The minimum Gasteiger partial charge on any atom is -0.367 e. The number of hydrogen-bond acceptors (Lipinski definition) is 3. The molecule has 0 aliphatic carbocycles. The molecule has 2 aromatic heterocycles. The van der Waals surface area contributed by atoms with Gasteiger partial charge in [-0.2, -0.15) is 5.26 Å². The van der Waals surface area contributed by atoms with Crippen LogP contribution in [0.4, 0.5) is 0 Å². The fourth-order valence-electron chi connectivity index (χ4n) is 1.72. The predicted molar refractivity (Wildman–Crippen MR) is 70.4 cm³/mol. The van der Waals surface area contributed by atoms with Gasteiger partial charge in [-0.05, 0) is 30.2 Å². The number of hydrogen-bond donors (Lipinski definition) is 1. The van der Waals surface area contributed by atoms with Gasteiger partial charge in [0.25, 0.3) is 5.91 Å². The van der Waals surface area contributed by atoms with Gasteiger partial charge in [0.05, 0.1) is 11.6 Å². The summed E-state index contributed by atoms with van der Waals surface area (Å²) in [5.74, 6) is -0.173. The summed E-state index contributed by atoms with van der Waals surface area (Å²) in [6, 6.07) is 7.07. The van der Waals surface area contributed by atoms with Crippen LogP contribution in [-0.2, 0) is 6.42 Å². The van der Waals surface area contributed by atoms with E-state index in [0.717, 1.165) is 12.0 Å². The maximum Gasteiger partial charge on any atom is 0.272 e. The first-order chi connectivity index (χ1) is 9.20. The van der Waals surface area contributed by atoms with Crippen molar-refractivity contribution in [2.24, 2.45) is 0 Å². The van der Waals surface area contributed by atoms with Crippen LogP contribution in [0.5, 0.6) is 0 Å².